The largest absolute Gasteiger partial charge is 0.381 e. The summed E-state index contributed by atoms with van der Waals surface area (Å²) < 4.78 is 0. The Kier molecular flexibility index (Phi) is 3.23. The third-order valence-electron chi connectivity index (χ3n) is 2.43. The van der Waals surface area contributed by atoms with E-state index in [0.717, 1.165) is 17.8 Å². The molecule has 1 aromatic carbocycles. The van der Waals surface area contributed by atoms with Crippen molar-refractivity contribution in [3.05, 3.63) is 51.7 Å². The number of rotatable bonds is 3. The molecule has 2 aromatic rings. The lowest BCUT2D eigenvalue weighted by Crippen LogP contribution is -2.00. The van der Waals surface area contributed by atoms with E-state index in [1.165, 1.54) is 5.56 Å². The maximum atomic E-state index is 8.83. The Hall–Kier alpha value is -1.79. The molecule has 2 rings (SSSR count). The monoisotopic (exact) mass is 228 g/mol. The molecule has 16 heavy (non-hydrogen) atoms. The number of anilines is 1. The highest BCUT2D eigenvalue weighted by atomic mass is 32.1. The number of nitriles is 1. The molecular weight excluding hydrogens is 216 g/mol. The molecule has 1 N–H and O–H groups in total. The van der Waals surface area contributed by atoms with E-state index in [9.17, 15) is 0 Å². The zero-order chi connectivity index (χ0) is 11.4. The minimum atomic E-state index is 0.693. The van der Waals surface area contributed by atoms with E-state index in [-0.39, 0.29) is 0 Å². The second-order valence-electron chi connectivity index (χ2n) is 3.63. The van der Waals surface area contributed by atoms with Gasteiger partial charge in [0.25, 0.3) is 0 Å². The normalized spacial score (nSPS) is 9.75. The highest BCUT2D eigenvalue weighted by molar-refractivity contribution is 7.07. The van der Waals surface area contributed by atoms with Gasteiger partial charge < -0.3 is 5.32 Å². The van der Waals surface area contributed by atoms with Gasteiger partial charge in [-0.2, -0.15) is 16.6 Å². The molecule has 0 aliphatic rings. The van der Waals surface area contributed by atoms with Crippen molar-refractivity contribution in [2.45, 2.75) is 13.5 Å². The summed E-state index contributed by atoms with van der Waals surface area (Å²) >= 11 is 1.69. The van der Waals surface area contributed by atoms with E-state index in [1.807, 2.05) is 25.1 Å². The van der Waals surface area contributed by atoms with Gasteiger partial charge in [0.05, 0.1) is 11.6 Å². The lowest BCUT2D eigenvalue weighted by molar-refractivity contribution is 1.15. The van der Waals surface area contributed by atoms with Gasteiger partial charge in [-0.1, -0.05) is 6.07 Å². The molecule has 0 spiro atoms. The van der Waals surface area contributed by atoms with Crippen molar-refractivity contribution in [1.82, 2.24) is 0 Å². The first-order valence-corrected chi connectivity index (χ1v) is 5.99. The van der Waals surface area contributed by atoms with Gasteiger partial charge in [-0.3, -0.25) is 0 Å². The number of nitrogens with zero attached hydrogens (tertiary/aromatic N) is 1. The Bertz CT molecular complexity index is 509. The van der Waals surface area contributed by atoms with E-state index in [2.05, 4.69) is 28.2 Å². The van der Waals surface area contributed by atoms with Crippen LogP contribution < -0.4 is 5.32 Å². The van der Waals surface area contributed by atoms with Crippen molar-refractivity contribution in [3.8, 4) is 6.07 Å². The standard InChI is InChI=1S/C13H12N2S/c1-10-2-3-11(7-14)6-13(10)15-8-12-4-5-16-9-12/h2-6,9,15H,8H2,1H3. The molecule has 0 aliphatic carbocycles. The van der Waals surface area contributed by atoms with Crippen molar-refractivity contribution in [2.75, 3.05) is 5.32 Å². The summed E-state index contributed by atoms with van der Waals surface area (Å²) in [6.45, 7) is 2.84. The minimum absolute atomic E-state index is 0.693. The van der Waals surface area contributed by atoms with Crippen molar-refractivity contribution >= 4 is 17.0 Å². The number of benzene rings is 1. The van der Waals surface area contributed by atoms with Crippen molar-refractivity contribution in [1.29, 1.82) is 5.26 Å². The number of nitrogens with one attached hydrogen (secondary N) is 1. The van der Waals surface area contributed by atoms with E-state index in [1.54, 1.807) is 11.3 Å². The zero-order valence-corrected chi connectivity index (χ0v) is 9.84. The Labute approximate surface area is 99.2 Å². The summed E-state index contributed by atoms with van der Waals surface area (Å²) in [5.41, 5.74) is 4.16. The predicted molar refractivity (Wildman–Crippen MR) is 67.5 cm³/mol. The molecule has 2 nitrogen and oxygen atoms in total. The van der Waals surface area contributed by atoms with Crippen LogP contribution in [-0.4, -0.2) is 0 Å². The van der Waals surface area contributed by atoms with Gasteiger partial charge in [0.15, 0.2) is 0 Å². The molecule has 3 heteroatoms. The van der Waals surface area contributed by atoms with Crippen LogP contribution in [0.15, 0.2) is 35.0 Å². The molecule has 1 aromatic heterocycles. The van der Waals surface area contributed by atoms with E-state index in [4.69, 9.17) is 5.26 Å². The average molecular weight is 228 g/mol. The lowest BCUT2D eigenvalue weighted by atomic mass is 10.1. The first-order valence-electron chi connectivity index (χ1n) is 5.05. The molecule has 0 bridgehead atoms. The third kappa shape index (κ3) is 2.41. The minimum Gasteiger partial charge on any atom is -0.381 e. The third-order valence-corrected chi connectivity index (χ3v) is 3.16. The quantitative estimate of drug-likeness (QED) is 0.872. The molecule has 0 amide bonds. The van der Waals surface area contributed by atoms with Crippen LogP contribution in [0.1, 0.15) is 16.7 Å². The van der Waals surface area contributed by atoms with Crippen LogP contribution in [0.3, 0.4) is 0 Å². The second-order valence-corrected chi connectivity index (χ2v) is 4.41. The number of aryl methyl sites for hydroxylation is 1. The topological polar surface area (TPSA) is 35.8 Å². The van der Waals surface area contributed by atoms with Gasteiger partial charge in [0, 0.05) is 12.2 Å². The molecule has 80 valence electrons. The molecule has 1 heterocycles. The Morgan fingerprint density at radius 1 is 1.38 bits per heavy atom. The van der Waals surface area contributed by atoms with Gasteiger partial charge in [-0.05, 0) is 47.0 Å². The fourth-order valence-corrected chi connectivity index (χ4v) is 2.14. The summed E-state index contributed by atoms with van der Waals surface area (Å²) in [6.07, 6.45) is 0. The Balaban J connectivity index is 2.12. The molecule has 0 saturated carbocycles. The number of thiophene rings is 1. The van der Waals surface area contributed by atoms with Crippen LogP contribution >= 0.6 is 11.3 Å². The molecule has 0 aliphatic heterocycles. The molecule has 0 atom stereocenters. The highest BCUT2D eigenvalue weighted by Crippen LogP contribution is 2.18. The molecule has 0 fully saturated rings. The number of hydrogen-bond donors (Lipinski definition) is 1. The van der Waals surface area contributed by atoms with Crippen LogP contribution in [0.4, 0.5) is 5.69 Å². The fourth-order valence-electron chi connectivity index (χ4n) is 1.47. The smallest absolute Gasteiger partial charge is 0.0992 e. The maximum Gasteiger partial charge on any atom is 0.0992 e. The summed E-state index contributed by atoms with van der Waals surface area (Å²) in [5.74, 6) is 0. The van der Waals surface area contributed by atoms with Crippen LogP contribution in [0.5, 0.6) is 0 Å². The second kappa shape index (κ2) is 4.82. The summed E-state index contributed by atoms with van der Waals surface area (Å²) in [4.78, 5) is 0. The Morgan fingerprint density at radius 3 is 2.94 bits per heavy atom. The molecule has 0 radical (unpaired) electrons. The van der Waals surface area contributed by atoms with Gasteiger partial charge in [-0.15, -0.1) is 0 Å². The predicted octanol–water partition coefficient (Wildman–Crippen LogP) is 3.54. The Morgan fingerprint density at radius 2 is 2.25 bits per heavy atom. The zero-order valence-electron chi connectivity index (χ0n) is 9.03. The van der Waals surface area contributed by atoms with Gasteiger partial charge in [0.2, 0.25) is 0 Å². The first-order chi connectivity index (χ1) is 7.79. The van der Waals surface area contributed by atoms with Crippen LogP contribution in [0, 0.1) is 18.3 Å². The molecule has 0 saturated heterocycles. The van der Waals surface area contributed by atoms with Crippen molar-refractivity contribution in [2.24, 2.45) is 0 Å². The van der Waals surface area contributed by atoms with Crippen molar-refractivity contribution < 1.29 is 0 Å². The van der Waals surface area contributed by atoms with Gasteiger partial charge in [-0.25, -0.2) is 0 Å². The summed E-state index contributed by atoms with van der Waals surface area (Å²) in [7, 11) is 0. The highest BCUT2D eigenvalue weighted by Gasteiger charge is 2.00. The summed E-state index contributed by atoms with van der Waals surface area (Å²) in [6, 6.07) is 9.94. The first kappa shape index (κ1) is 10.7. The summed E-state index contributed by atoms with van der Waals surface area (Å²) in [5, 5.41) is 16.4. The molecule has 0 unspecified atom stereocenters. The SMILES string of the molecule is Cc1ccc(C#N)cc1NCc1ccsc1. The van der Waals surface area contributed by atoms with Crippen LogP contribution in [-0.2, 0) is 6.54 Å². The van der Waals surface area contributed by atoms with E-state index in [0.29, 0.717) is 5.56 Å². The van der Waals surface area contributed by atoms with Crippen LogP contribution in [0.2, 0.25) is 0 Å². The lowest BCUT2D eigenvalue weighted by Gasteiger charge is -2.08. The van der Waals surface area contributed by atoms with Gasteiger partial charge in [0.1, 0.15) is 0 Å². The average Bonchev–Trinajstić information content (AvgIpc) is 2.81. The number of hydrogen-bond acceptors (Lipinski definition) is 3. The van der Waals surface area contributed by atoms with Crippen LogP contribution in [0.25, 0.3) is 0 Å². The molecular formula is C13H12N2S. The van der Waals surface area contributed by atoms with Gasteiger partial charge >= 0.3 is 0 Å². The fraction of sp³-hybridized carbons (Fsp3) is 0.154. The van der Waals surface area contributed by atoms with Crippen molar-refractivity contribution in [3.63, 3.8) is 0 Å². The maximum absolute atomic E-state index is 8.83. The van der Waals surface area contributed by atoms with E-state index >= 15 is 0 Å². The van der Waals surface area contributed by atoms with E-state index < -0.39 is 0 Å².